The number of ether oxygens (including phenoxy) is 1. The molecule has 0 aromatic heterocycles. The molecule has 0 fully saturated rings. The summed E-state index contributed by atoms with van der Waals surface area (Å²) in [4.78, 5) is 11.4. The molecule has 0 unspecified atom stereocenters. The Labute approximate surface area is 111 Å². The second-order valence-corrected chi connectivity index (χ2v) is 5.30. The van der Waals surface area contributed by atoms with Crippen LogP contribution in [0.2, 0.25) is 10.0 Å². The molecule has 1 rings (SSSR count). The summed E-state index contributed by atoms with van der Waals surface area (Å²) in [5.41, 5.74) is 0.185. The van der Waals surface area contributed by atoms with Crippen LogP contribution < -0.4 is 0 Å². The van der Waals surface area contributed by atoms with E-state index in [1.165, 1.54) is 6.08 Å². The molecule has 0 aliphatic carbocycles. The third kappa shape index (κ3) is 4.80. The third-order valence-corrected chi connectivity index (χ3v) is 2.62. The highest BCUT2D eigenvalue weighted by molar-refractivity contribution is 6.42. The SMILES string of the molecule is CC(C)(C)OC(=O)/C=C/c1cccc(Cl)c1Cl. The Hall–Kier alpha value is -0.990. The van der Waals surface area contributed by atoms with Gasteiger partial charge in [0.15, 0.2) is 0 Å². The molecule has 92 valence electrons. The number of carbonyl (C=O) groups is 1. The van der Waals surface area contributed by atoms with Gasteiger partial charge in [-0.05, 0) is 38.5 Å². The van der Waals surface area contributed by atoms with Gasteiger partial charge in [-0.15, -0.1) is 0 Å². The molecule has 4 heteroatoms. The highest BCUT2D eigenvalue weighted by Gasteiger charge is 2.14. The lowest BCUT2D eigenvalue weighted by molar-refractivity contribution is -0.148. The lowest BCUT2D eigenvalue weighted by atomic mass is 10.2. The second kappa shape index (κ2) is 5.56. The summed E-state index contributed by atoms with van der Waals surface area (Å²) in [5, 5.41) is 0.881. The van der Waals surface area contributed by atoms with Gasteiger partial charge in [-0.3, -0.25) is 0 Å². The number of hydrogen-bond donors (Lipinski definition) is 0. The number of benzene rings is 1. The predicted molar refractivity (Wildman–Crippen MR) is 71.3 cm³/mol. The van der Waals surface area contributed by atoms with Gasteiger partial charge >= 0.3 is 5.97 Å². The van der Waals surface area contributed by atoms with Gasteiger partial charge in [0.25, 0.3) is 0 Å². The van der Waals surface area contributed by atoms with E-state index in [4.69, 9.17) is 27.9 Å². The maximum Gasteiger partial charge on any atom is 0.331 e. The second-order valence-electron chi connectivity index (χ2n) is 4.51. The van der Waals surface area contributed by atoms with E-state index in [9.17, 15) is 4.79 Å². The monoisotopic (exact) mass is 272 g/mol. The molecule has 0 radical (unpaired) electrons. The lowest BCUT2D eigenvalue weighted by Gasteiger charge is -2.17. The Morgan fingerprint density at radius 3 is 2.53 bits per heavy atom. The van der Waals surface area contributed by atoms with Crippen molar-refractivity contribution >= 4 is 35.2 Å². The van der Waals surface area contributed by atoms with Crippen molar-refractivity contribution < 1.29 is 9.53 Å². The summed E-state index contributed by atoms with van der Waals surface area (Å²) >= 11 is 11.8. The van der Waals surface area contributed by atoms with Crippen LogP contribution in [0.25, 0.3) is 6.08 Å². The molecule has 0 saturated heterocycles. The summed E-state index contributed by atoms with van der Waals surface area (Å²) in [6.07, 6.45) is 2.92. The summed E-state index contributed by atoms with van der Waals surface area (Å²) in [6.45, 7) is 5.43. The fourth-order valence-corrected chi connectivity index (χ4v) is 1.51. The van der Waals surface area contributed by atoms with Gasteiger partial charge in [-0.2, -0.15) is 0 Å². The largest absolute Gasteiger partial charge is 0.457 e. The number of rotatable bonds is 2. The zero-order valence-corrected chi connectivity index (χ0v) is 11.5. The molecule has 0 saturated carbocycles. The Morgan fingerprint density at radius 1 is 1.29 bits per heavy atom. The summed E-state index contributed by atoms with van der Waals surface area (Å²) in [7, 11) is 0. The van der Waals surface area contributed by atoms with Crippen LogP contribution in [0.3, 0.4) is 0 Å². The van der Waals surface area contributed by atoms with Gasteiger partial charge in [0.2, 0.25) is 0 Å². The van der Waals surface area contributed by atoms with E-state index in [1.807, 2.05) is 20.8 Å². The molecule has 0 atom stereocenters. The zero-order valence-electron chi connectivity index (χ0n) is 9.96. The van der Waals surface area contributed by atoms with Crippen molar-refractivity contribution in [3.8, 4) is 0 Å². The van der Waals surface area contributed by atoms with E-state index in [0.717, 1.165) is 0 Å². The Morgan fingerprint density at radius 2 is 1.94 bits per heavy atom. The van der Waals surface area contributed by atoms with Crippen LogP contribution in [0.1, 0.15) is 26.3 Å². The van der Waals surface area contributed by atoms with Crippen molar-refractivity contribution in [3.05, 3.63) is 39.9 Å². The Bertz CT molecular complexity index is 445. The van der Waals surface area contributed by atoms with Crippen molar-refractivity contribution in [2.24, 2.45) is 0 Å². The maximum atomic E-state index is 11.4. The van der Waals surface area contributed by atoms with Gasteiger partial charge in [0.1, 0.15) is 5.60 Å². The van der Waals surface area contributed by atoms with Gasteiger partial charge in [-0.1, -0.05) is 35.3 Å². The quantitative estimate of drug-likeness (QED) is 0.591. The summed E-state index contributed by atoms with van der Waals surface area (Å²) in [6, 6.07) is 5.23. The highest BCUT2D eigenvalue weighted by Crippen LogP contribution is 2.26. The summed E-state index contributed by atoms with van der Waals surface area (Å²) < 4.78 is 5.13. The van der Waals surface area contributed by atoms with Crippen molar-refractivity contribution in [2.45, 2.75) is 26.4 Å². The van der Waals surface area contributed by atoms with Crippen LogP contribution in [-0.2, 0) is 9.53 Å². The predicted octanol–water partition coefficient (Wildman–Crippen LogP) is 4.35. The van der Waals surface area contributed by atoms with Gasteiger partial charge in [0, 0.05) is 6.08 Å². The van der Waals surface area contributed by atoms with E-state index >= 15 is 0 Å². The fourth-order valence-electron chi connectivity index (χ4n) is 1.14. The number of halogens is 2. The lowest BCUT2D eigenvalue weighted by Crippen LogP contribution is -2.22. The van der Waals surface area contributed by atoms with Crippen molar-refractivity contribution in [1.29, 1.82) is 0 Å². The van der Waals surface area contributed by atoms with E-state index in [2.05, 4.69) is 0 Å². The first kappa shape index (κ1) is 14.1. The minimum Gasteiger partial charge on any atom is -0.457 e. The van der Waals surface area contributed by atoms with Crippen LogP contribution in [0.5, 0.6) is 0 Å². The van der Waals surface area contributed by atoms with Crippen molar-refractivity contribution in [2.75, 3.05) is 0 Å². The maximum absolute atomic E-state index is 11.4. The standard InChI is InChI=1S/C13H14Cl2O2/c1-13(2,3)17-11(16)8-7-9-5-4-6-10(14)12(9)15/h4-8H,1-3H3/b8-7+. The van der Waals surface area contributed by atoms with Crippen molar-refractivity contribution in [3.63, 3.8) is 0 Å². The molecular weight excluding hydrogens is 259 g/mol. The minimum absolute atomic E-state index is 0.409. The molecule has 0 aliphatic heterocycles. The molecule has 0 bridgehead atoms. The van der Waals surface area contributed by atoms with Crippen LogP contribution >= 0.6 is 23.2 Å². The topological polar surface area (TPSA) is 26.3 Å². The Kier molecular flexibility index (Phi) is 4.61. The molecule has 0 spiro atoms. The van der Waals surface area contributed by atoms with Gasteiger partial charge in [-0.25, -0.2) is 4.79 Å². The van der Waals surface area contributed by atoms with Crippen LogP contribution in [0.4, 0.5) is 0 Å². The average Bonchev–Trinajstić information content (AvgIpc) is 2.18. The fraction of sp³-hybridized carbons (Fsp3) is 0.308. The molecule has 1 aromatic rings. The molecule has 0 heterocycles. The molecule has 17 heavy (non-hydrogen) atoms. The van der Waals surface area contributed by atoms with Crippen LogP contribution in [-0.4, -0.2) is 11.6 Å². The average molecular weight is 273 g/mol. The zero-order chi connectivity index (χ0) is 13.1. The first-order valence-electron chi connectivity index (χ1n) is 5.15. The minimum atomic E-state index is -0.500. The number of esters is 1. The van der Waals surface area contributed by atoms with E-state index in [-0.39, 0.29) is 0 Å². The highest BCUT2D eigenvalue weighted by atomic mass is 35.5. The normalized spacial score (nSPS) is 11.8. The first-order chi connectivity index (χ1) is 7.79. The third-order valence-electron chi connectivity index (χ3n) is 1.79. The van der Waals surface area contributed by atoms with E-state index in [0.29, 0.717) is 15.6 Å². The van der Waals surface area contributed by atoms with E-state index in [1.54, 1.807) is 24.3 Å². The van der Waals surface area contributed by atoms with Crippen LogP contribution in [0.15, 0.2) is 24.3 Å². The number of hydrogen-bond acceptors (Lipinski definition) is 2. The molecular formula is C13H14Cl2O2. The van der Waals surface area contributed by atoms with Gasteiger partial charge < -0.3 is 4.74 Å². The Balaban J connectivity index is 2.78. The van der Waals surface area contributed by atoms with Gasteiger partial charge in [0.05, 0.1) is 10.0 Å². The molecule has 2 nitrogen and oxygen atoms in total. The van der Waals surface area contributed by atoms with Crippen LogP contribution in [0, 0.1) is 0 Å². The molecule has 0 aliphatic rings. The molecule has 1 aromatic carbocycles. The van der Waals surface area contributed by atoms with E-state index < -0.39 is 11.6 Å². The molecule has 0 amide bonds. The summed E-state index contributed by atoms with van der Waals surface area (Å²) in [5.74, 6) is -0.409. The molecule has 0 N–H and O–H groups in total. The first-order valence-corrected chi connectivity index (χ1v) is 5.90. The number of carbonyl (C=O) groups excluding carboxylic acids is 1. The van der Waals surface area contributed by atoms with Crippen molar-refractivity contribution in [1.82, 2.24) is 0 Å². The smallest absolute Gasteiger partial charge is 0.331 e.